The average Bonchev–Trinajstić information content (AvgIpc) is 2.97. The molecule has 0 radical (unpaired) electrons. The van der Waals surface area contributed by atoms with Crippen LogP contribution in [0.2, 0.25) is 0 Å². The maximum absolute atomic E-state index is 12.8. The fourth-order valence-corrected chi connectivity index (χ4v) is 3.86. The summed E-state index contributed by atoms with van der Waals surface area (Å²) in [5, 5.41) is 0. The molecule has 4 rings (SSSR count). The molecule has 3 aromatic rings. The van der Waals surface area contributed by atoms with E-state index in [-0.39, 0.29) is 18.4 Å². The molecule has 4 nitrogen and oxygen atoms in total. The highest BCUT2D eigenvalue weighted by Crippen LogP contribution is 2.31. The molecule has 3 aromatic carbocycles. The molecule has 0 spiro atoms. The van der Waals surface area contributed by atoms with Gasteiger partial charge in [0.2, 0.25) is 0 Å². The summed E-state index contributed by atoms with van der Waals surface area (Å²) in [6.45, 7) is 0.539. The van der Waals surface area contributed by atoms with Crippen LogP contribution in [0, 0.1) is 0 Å². The smallest absolute Gasteiger partial charge is 0.261 e. The number of benzene rings is 3. The van der Waals surface area contributed by atoms with Crippen molar-refractivity contribution in [3.63, 3.8) is 0 Å². The highest BCUT2D eigenvalue weighted by Gasteiger charge is 2.37. The minimum atomic E-state index is -0.446. The predicted octanol–water partition coefficient (Wildman–Crippen LogP) is 5.00. The number of rotatable bonds is 6. The van der Waals surface area contributed by atoms with Crippen LogP contribution in [0.15, 0.2) is 83.3 Å². The van der Waals surface area contributed by atoms with E-state index in [2.05, 4.69) is 15.9 Å². The third-order valence-corrected chi connectivity index (χ3v) is 5.49. The molecule has 0 fully saturated rings. The average molecular weight is 436 g/mol. The molecular formula is C23H18BrNO3. The van der Waals surface area contributed by atoms with Crippen LogP contribution >= 0.6 is 15.9 Å². The molecule has 140 valence electrons. The molecule has 0 aromatic heterocycles. The van der Waals surface area contributed by atoms with Crippen LogP contribution in [0.3, 0.4) is 0 Å². The van der Waals surface area contributed by atoms with Crippen molar-refractivity contribution in [1.82, 2.24) is 4.90 Å². The van der Waals surface area contributed by atoms with Gasteiger partial charge in [0.25, 0.3) is 11.8 Å². The zero-order valence-electron chi connectivity index (χ0n) is 15.0. The molecule has 1 aliphatic heterocycles. The van der Waals surface area contributed by atoms with Crippen molar-refractivity contribution in [3.05, 3.63) is 106 Å². The number of ether oxygens (including phenoxy) is 1. The molecule has 1 atom stereocenters. The molecule has 0 unspecified atom stereocenters. The van der Waals surface area contributed by atoms with E-state index in [1.807, 2.05) is 54.6 Å². The molecule has 0 bridgehead atoms. The number of amides is 2. The van der Waals surface area contributed by atoms with Gasteiger partial charge in [0.1, 0.15) is 6.10 Å². The summed E-state index contributed by atoms with van der Waals surface area (Å²) in [4.78, 5) is 26.8. The van der Waals surface area contributed by atoms with Crippen molar-refractivity contribution in [2.24, 2.45) is 0 Å². The first-order valence-electron chi connectivity index (χ1n) is 9.00. The first-order valence-corrected chi connectivity index (χ1v) is 9.79. The summed E-state index contributed by atoms with van der Waals surface area (Å²) in [6, 6.07) is 24.5. The largest absolute Gasteiger partial charge is 0.367 e. The van der Waals surface area contributed by atoms with E-state index >= 15 is 0 Å². The molecule has 0 aliphatic carbocycles. The number of imide groups is 1. The molecular weight excluding hydrogens is 418 g/mol. The summed E-state index contributed by atoms with van der Waals surface area (Å²) in [5.41, 5.74) is 2.82. The normalized spacial score (nSPS) is 14.2. The number of fused-ring (bicyclic) bond motifs is 1. The van der Waals surface area contributed by atoms with Gasteiger partial charge in [-0.05, 0) is 29.3 Å². The van der Waals surface area contributed by atoms with Crippen molar-refractivity contribution in [2.75, 3.05) is 6.54 Å². The van der Waals surface area contributed by atoms with E-state index in [4.69, 9.17) is 4.74 Å². The summed E-state index contributed by atoms with van der Waals surface area (Å²) >= 11 is 3.56. The Hall–Kier alpha value is -2.76. The maximum Gasteiger partial charge on any atom is 0.261 e. The third kappa shape index (κ3) is 3.63. The van der Waals surface area contributed by atoms with Crippen molar-refractivity contribution in [1.29, 1.82) is 0 Å². The lowest BCUT2D eigenvalue weighted by Crippen LogP contribution is -2.34. The van der Waals surface area contributed by atoms with E-state index < -0.39 is 6.10 Å². The number of hydrogen-bond donors (Lipinski definition) is 0. The van der Waals surface area contributed by atoms with Crippen LogP contribution < -0.4 is 0 Å². The van der Waals surface area contributed by atoms with Gasteiger partial charge in [0.05, 0.1) is 24.3 Å². The summed E-state index contributed by atoms with van der Waals surface area (Å²) < 4.78 is 7.06. The molecule has 28 heavy (non-hydrogen) atoms. The van der Waals surface area contributed by atoms with Crippen LogP contribution in [0.1, 0.15) is 37.9 Å². The molecule has 0 saturated carbocycles. The van der Waals surface area contributed by atoms with Crippen LogP contribution in [0.4, 0.5) is 0 Å². The SMILES string of the molecule is O=C1c2ccccc2C(=O)N1C[C@H](OCc1ccccc1)c1ccccc1Br. The van der Waals surface area contributed by atoms with Gasteiger partial charge in [-0.3, -0.25) is 14.5 Å². The number of carbonyl (C=O) groups is 2. The Balaban J connectivity index is 1.60. The molecule has 5 heteroatoms. The Labute approximate surface area is 171 Å². The van der Waals surface area contributed by atoms with Crippen LogP contribution in [0.25, 0.3) is 0 Å². The minimum Gasteiger partial charge on any atom is -0.367 e. The van der Waals surface area contributed by atoms with E-state index in [1.54, 1.807) is 24.3 Å². The van der Waals surface area contributed by atoms with Gasteiger partial charge >= 0.3 is 0 Å². The topological polar surface area (TPSA) is 46.6 Å². The van der Waals surface area contributed by atoms with Crippen LogP contribution in [0.5, 0.6) is 0 Å². The van der Waals surface area contributed by atoms with Crippen molar-refractivity contribution < 1.29 is 14.3 Å². The maximum atomic E-state index is 12.8. The summed E-state index contributed by atoms with van der Waals surface area (Å²) in [5.74, 6) is -0.554. The van der Waals surface area contributed by atoms with Crippen molar-refractivity contribution in [3.8, 4) is 0 Å². The van der Waals surface area contributed by atoms with E-state index in [0.29, 0.717) is 17.7 Å². The molecule has 2 amide bonds. The Morgan fingerprint density at radius 1 is 0.786 bits per heavy atom. The Kier molecular flexibility index (Phi) is 5.37. The second kappa shape index (κ2) is 8.09. The van der Waals surface area contributed by atoms with Gasteiger partial charge in [-0.2, -0.15) is 0 Å². The molecule has 0 N–H and O–H groups in total. The Morgan fingerprint density at radius 3 is 2.00 bits per heavy atom. The second-order valence-electron chi connectivity index (χ2n) is 6.57. The van der Waals surface area contributed by atoms with Gasteiger partial charge in [-0.25, -0.2) is 0 Å². The number of hydrogen-bond acceptors (Lipinski definition) is 3. The van der Waals surface area contributed by atoms with Crippen LogP contribution in [-0.4, -0.2) is 23.3 Å². The third-order valence-electron chi connectivity index (χ3n) is 4.77. The fraction of sp³-hybridized carbons (Fsp3) is 0.130. The number of nitrogens with zero attached hydrogens (tertiary/aromatic N) is 1. The number of halogens is 1. The lowest BCUT2D eigenvalue weighted by Gasteiger charge is -2.24. The summed E-state index contributed by atoms with van der Waals surface area (Å²) in [6.07, 6.45) is -0.446. The standard InChI is InChI=1S/C23H18BrNO3/c24-20-13-7-6-12-19(20)21(28-15-16-8-2-1-3-9-16)14-25-22(26)17-10-4-5-11-18(17)23(25)27/h1-13,21H,14-15H2/t21-/m0/s1. The summed E-state index contributed by atoms with van der Waals surface area (Å²) in [7, 11) is 0. The zero-order chi connectivity index (χ0) is 19.5. The van der Waals surface area contributed by atoms with Gasteiger partial charge in [-0.1, -0.05) is 76.6 Å². The second-order valence-corrected chi connectivity index (χ2v) is 7.43. The van der Waals surface area contributed by atoms with Crippen molar-refractivity contribution in [2.45, 2.75) is 12.7 Å². The number of carbonyl (C=O) groups excluding carboxylic acids is 2. The molecule has 0 saturated heterocycles. The van der Waals surface area contributed by atoms with E-state index in [1.165, 1.54) is 4.90 Å². The lowest BCUT2D eigenvalue weighted by atomic mass is 10.1. The first kappa shape index (κ1) is 18.6. The monoisotopic (exact) mass is 435 g/mol. The van der Waals surface area contributed by atoms with Gasteiger partial charge in [-0.15, -0.1) is 0 Å². The van der Waals surface area contributed by atoms with Crippen LogP contribution in [-0.2, 0) is 11.3 Å². The zero-order valence-corrected chi connectivity index (χ0v) is 16.6. The van der Waals surface area contributed by atoms with Gasteiger partial charge in [0, 0.05) is 4.47 Å². The highest BCUT2D eigenvalue weighted by atomic mass is 79.9. The van der Waals surface area contributed by atoms with E-state index in [9.17, 15) is 9.59 Å². The Morgan fingerprint density at radius 2 is 1.36 bits per heavy atom. The molecule has 1 heterocycles. The lowest BCUT2D eigenvalue weighted by molar-refractivity contribution is 0.0151. The predicted molar refractivity (Wildman–Crippen MR) is 110 cm³/mol. The molecule has 1 aliphatic rings. The van der Waals surface area contributed by atoms with Crippen molar-refractivity contribution >= 4 is 27.7 Å². The van der Waals surface area contributed by atoms with Gasteiger partial charge < -0.3 is 4.74 Å². The highest BCUT2D eigenvalue weighted by molar-refractivity contribution is 9.10. The quantitative estimate of drug-likeness (QED) is 0.511. The van der Waals surface area contributed by atoms with E-state index in [0.717, 1.165) is 15.6 Å². The Bertz CT molecular complexity index is 984. The fourth-order valence-electron chi connectivity index (χ4n) is 3.32. The van der Waals surface area contributed by atoms with Gasteiger partial charge in [0.15, 0.2) is 0 Å². The minimum absolute atomic E-state index is 0.155. The first-order chi connectivity index (χ1) is 13.6.